The number of carbonyl (C=O) groups is 2. The minimum Gasteiger partial charge on any atom is -0.381 e. The number of carbonyl (C=O) groups excluding carboxylic acids is 2. The molecule has 0 aromatic rings. The van der Waals surface area contributed by atoms with E-state index in [1.54, 1.807) is 0 Å². The van der Waals surface area contributed by atoms with Crippen LogP contribution in [0.2, 0.25) is 0 Å². The SMILES string of the molecule is CC[C@H](C)[C@@H]1NC(=O)C2(CCCCOCCCNC1=O)CCNCC2. The maximum atomic E-state index is 13.2. The molecule has 2 fully saturated rings. The number of amides is 2. The number of hydrogen-bond donors (Lipinski definition) is 3. The molecule has 2 saturated heterocycles. The lowest BCUT2D eigenvalue weighted by Crippen LogP contribution is -2.56. The molecular weight excluding hydrogens is 318 g/mol. The lowest BCUT2D eigenvalue weighted by Gasteiger charge is -2.38. The predicted molar refractivity (Wildman–Crippen MR) is 98.2 cm³/mol. The van der Waals surface area contributed by atoms with Crippen LogP contribution < -0.4 is 16.0 Å². The van der Waals surface area contributed by atoms with Crippen molar-refractivity contribution in [3.05, 3.63) is 0 Å². The molecule has 1 spiro atoms. The van der Waals surface area contributed by atoms with E-state index >= 15 is 0 Å². The summed E-state index contributed by atoms with van der Waals surface area (Å²) in [4.78, 5) is 25.8. The summed E-state index contributed by atoms with van der Waals surface area (Å²) in [7, 11) is 0. The molecule has 0 aliphatic carbocycles. The first kappa shape index (κ1) is 20.2. The van der Waals surface area contributed by atoms with Crippen molar-refractivity contribution in [3.8, 4) is 0 Å². The van der Waals surface area contributed by atoms with E-state index in [9.17, 15) is 9.59 Å². The van der Waals surface area contributed by atoms with Gasteiger partial charge in [0.15, 0.2) is 0 Å². The van der Waals surface area contributed by atoms with E-state index in [-0.39, 0.29) is 23.1 Å². The predicted octanol–water partition coefficient (Wildman–Crippen LogP) is 1.59. The normalized spacial score (nSPS) is 27.8. The fraction of sp³-hybridized carbons (Fsp3) is 0.895. The number of nitrogens with one attached hydrogen (secondary N) is 3. The molecule has 6 nitrogen and oxygen atoms in total. The van der Waals surface area contributed by atoms with Crippen molar-refractivity contribution < 1.29 is 14.3 Å². The molecule has 2 aliphatic heterocycles. The van der Waals surface area contributed by atoms with Crippen molar-refractivity contribution >= 4 is 11.8 Å². The molecular formula is C19H35N3O3. The number of ether oxygens (including phenoxy) is 1. The highest BCUT2D eigenvalue weighted by molar-refractivity contribution is 5.90. The Morgan fingerprint density at radius 2 is 1.80 bits per heavy atom. The molecule has 2 aliphatic rings. The van der Waals surface area contributed by atoms with Gasteiger partial charge in [-0.1, -0.05) is 26.7 Å². The zero-order chi connectivity index (χ0) is 18.1. The Labute approximate surface area is 151 Å². The standard InChI is InChI=1S/C19H35N3O3/c1-3-15(2)16-17(23)21-10-6-14-25-13-5-4-7-19(18(24)22-16)8-11-20-12-9-19/h15-16,20H,3-14H2,1-2H3,(H,21,23)(H,22,24)/t15-,16-/m0/s1. The molecule has 0 bridgehead atoms. The van der Waals surface area contributed by atoms with Gasteiger partial charge in [-0.3, -0.25) is 9.59 Å². The van der Waals surface area contributed by atoms with Crippen LogP contribution in [0, 0.1) is 11.3 Å². The van der Waals surface area contributed by atoms with Gasteiger partial charge in [0.25, 0.3) is 0 Å². The largest absolute Gasteiger partial charge is 0.381 e. The average molecular weight is 354 g/mol. The van der Waals surface area contributed by atoms with E-state index in [0.29, 0.717) is 13.2 Å². The molecule has 2 atom stereocenters. The van der Waals surface area contributed by atoms with E-state index < -0.39 is 6.04 Å². The summed E-state index contributed by atoms with van der Waals surface area (Å²) in [6.45, 7) is 7.83. The third-order valence-electron chi connectivity index (χ3n) is 5.78. The van der Waals surface area contributed by atoms with Gasteiger partial charge in [-0.05, 0) is 51.1 Å². The van der Waals surface area contributed by atoms with E-state index in [1.165, 1.54) is 0 Å². The summed E-state index contributed by atoms with van der Waals surface area (Å²) >= 11 is 0. The summed E-state index contributed by atoms with van der Waals surface area (Å²) in [6, 6.07) is -0.451. The molecule has 0 saturated carbocycles. The summed E-state index contributed by atoms with van der Waals surface area (Å²) in [5.74, 6) is 0.114. The molecule has 2 amide bonds. The van der Waals surface area contributed by atoms with E-state index in [0.717, 1.165) is 64.6 Å². The summed E-state index contributed by atoms with van der Waals surface area (Å²) in [5, 5.41) is 9.44. The third-order valence-corrected chi connectivity index (χ3v) is 5.78. The summed E-state index contributed by atoms with van der Waals surface area (Å²) < 4.78 is 5.65. The summed E-state index contributed by atoms with van der Waals surface area (Å²) in [6.07, 6.45) is 6.21. The smallest absolute Gasteiger partial charge is 0.242 e. The second-order valence-corrected chi connectivity index (χ2v) is 7.58. The first-order valence-corrected chi connectivity index (χ1v) is 9.96. The molecule has 2 rings (SSSR count). The molecule has 0 radical (unpaired) electrons. The first-order chi connectivity index (χ1) is 12.1. The maximum Gasteiger partial charge on any atom is 0.242 e. The lowest BCUT2D eigenvalue weighted by molar-refractivity contribution is -0.138. The van der Waals surface area contributed by atoms with Gasteiger partial charge in [0, 0.05) is 19.8 Å². The van der Waals surface area contributed by atoms with Gasteiger partial charge >= 0.3 is 0 Å². The fourth-order valence-corrected chi connectivity index (χ4v) is 3.76. The van der Waals surface area contributed by atoms with Crippen LogP contribution in [-0.4, -0.2) is 50.7 Å². The molecule has 144 valence electrons. The molecule has 6 heteroatoms. The zero-order valence-electron chi connectivity index (χ0n) is 15.9. The van der Waals surface area contributed by atoms with Crippen LogP contribution in [-0.2, 0) is 14.3 Å². The molecule has 0 aromatic carbocycles. The van der Waals surface area contributed by atoms with Crippen LogP contribution in [0.1, 0.15) is 58.8 Å². The van der Waals surface area contributed by atoms with E-state index in [2.05, 4.69) is 22.9 Å². The van der Waals surface area contributed by atoms with Gasteiger partial charge in [-0.15, -0.1) is 0 Å². The topological polar surface area (TPSA) is 79.5 Å². The Bertz CT molecular complexity index is 436. The minimum atomic E-state index is -0.451. The zero-order valence-corrected chi connectivity index (χ0v) is 15.9. The van der Waals surface area contributed by atoms with Crippen LogP contribution >= 0.6 is 0 Å². The molecule has 0 aromatic heterocycles. The Hall–Kier alpha value is -1.14. The second-order valence-electron chi connectivity index (χ2n) is 7.58. The van der Waals surface area contributed by atoms with Crippen molar-refractivity contribution in [2.75, 3.05) is 32.8 Å². The van der Waals surface area contributed by atoms with Gasteiger partial charge in [-0.2, -0.15) is 0 Å². The number of rotatable bonds is 2. The number of hydrogen-bond acceptors (Lipinski definition) is 4. The Morgan fingerprint density at radius 1 is 1.08 bits per heavy atom. The van der Waals surface area contributed by atoms with Crippen LogP contribution in [0.3, 0.4) is 0 Å². The van der Waals surface area contributed by atoms with Crippen LogP contribution in [0.15, 0.2) is 0 Å². The maximum absolute atomic E-state index is 13.2. The Kier molecular flexibility index (Phi) is 8.16. The van der Waals surface area contributed by atoms with Crippen molar-refractivity contribution in [2.45, 2.75) is 64.8 Å². The molecule has 3 N–H and O–H groups in total. The monoisotopic (exact) mass is 353 g/mol. The van der Waals surface area contributed by atoms with Crippen molar-refractivity contribution in [1.29, 1.82) is 0 Å². The van der Waals surface area contributed by atoms with Crippen LogP contribution in [0.4, 0.5) is 0 Å². The second kappa shape index (κ2) is 10.1. The highest BCUT2D eigenvalue weighted by Crippen LogP contribution is 2.35. The quantitative estimate of drug-likeness (QED) is 0.704. The van der Waals surface area contributed by atoms with E-state index in [1.807, 2.05) is 6.92 Å². The highest BCUT2D eigenvalue weighted by Gasteiger charge is 2.41. The summed E-state index contributed by atoms with van der Waals surface area (Å²) in [5.41, 5.74) is -0.346. The lowest BCUT2D eigenvalue weighted by atomic mass is 9.73. The Balaban J connectivity index is 2.15. The van der Waals surface area contributed by atoms with Crippen molar-refractivity contribution in [1.82, 2.24) is 16.0 Å². The van der Waals surface area contributed by atoms with Gasteiger partial charge < -0.3 is 20.7 Å². The molecule has 2 heterocycles. The fourth-order valence-electron chi connectivity index (χ4n) is 3.76. The average Bonchev–Trinajstić information content (AvgIpc) is 2.63. The van der Waals surface area contributed by atoms with Crippen LogP contribution in [0.5, 0.6) is 0 Å². The van der Waals surface area contributed by atoms with Crippen LogP contribution in [0.25, 0.3) is 0 Å². The first-order valence-electron chi connectivity index (χ1n) is 9.96. The Morgan fingerprint density at radius 3 is 2.52 bits per heavy atom. The van der Waals surface area contributed by atoms with Gasteiger partial charge in [-0.25, -0.2) is 0 Å². The van der Waals surface area contributed by atoms with Gasteiger partial charge in [0.2, 0.25) is 11.8 Å². The number of piperidine rings is 1. The van der Waals surface area contributed by atoms with Gasteiger partial charge in [0.1, 0.15) is 6.04 Å². The van der Waals surface area contributed by atoms with Crippen molar-refractivity contribution in [2.24, 2.45) is 11.3 Å². The van der Waals surface area contributed by atoms with Gasteiger partial charge in [0.05, 0.1) is 5.41 Å². The highest BCUT2D eigenvalue weighted by atomic mass is 16.5. The minimum absolute atomic E-state index is 0.0624. The van der Waals surface area contributed by atoms with Crippen molar-refractivity contribution in [3.63, 3.8) is 0 Å². The molecule has 25 heavy (non-hydrogen) atoms. The third kappa shape index (κ3) is 5.68. The molecule has 0 unspecified atom stereocenters. The van der Waals surface area contributed by atoms with E-state index in [4.69, 9.17) is 4.74 Å².